The normalized spacial score (nSPS) is 22.9. The summed E-state index contributed by atoms with van der Waals surface area (Å²) in [7, 11) is 0. The van der Waals surface area contributed by atoms with E-state index in [9.17, 15) is 9.90 Å². The number of carboxylic acids is 1. The van der Waals surface area contributed by atoms with E-state index in [-0.39, 0.29) is 0 Å². The van der Waals surface area contributed by atoms with Crippen molar-refractivity contribution in [3.63, 3.8) is 0 Å². The number of thioether (sulfide) groups is 1. The first-order valence-electron chi connectivity index (χ1n) is 5.88. The predicted octanol–water partition coefficient (Wildman–Crippen LogP) is 3.57. The van der Waals surface area contributed by atoms with Gasteiger partial charge in [-0.25, -0.2) is 0 Å². The molecule has 5 heteroatoms. The molecule has 1 aliphatic rings. The third-order valence-corrected chi connectivity index (χ3v) is 5.24. The van der Waals surface area contributed by atoms with E-state index in [4.69, 9.17) is 4.74 Å². The minimum Gasteiger partial charge on any atom is -0.494 e. The smallest absolute Gasteiger partial charge is 0.319 e. The fourth-order valence-electron chi connectivity index (χ4n) is 2.03. The maximum Gasteiger partial charge on any atom is 0.319 e. The summed E-state index contributed by atoms with van der Waals surface area (Å²) in [6.45, 7) is 0.445. The standard InChI is InChI=1S/C13H15BrO3S/c14-10-2-4-11(5-3-10)17-8-7-13(12(15)16)6-1-9-18-13/h2-5H,1,6-9H2,(H,15,16). The molecule has 2 rings (SSSR count). The van der Waals surface area contributed by atoms with Gasteiger partial charge in [0, 0.05) is 10.9 Å². The molecule has 1 unspecified atom stereocenters. The van der Waals surface area contributed by atoms with E-state index in [0.717, 1.165) is 28.8 Å². The molecule has 1 aromatic carbocycles. The Morgan fingerprint density at radius 3 is 2.72 bits per heavy atom. The van der Waals surface area contributed by atoms with Crippen molar-refractivity contribution in [3.8, 4) is 5.75 Å². The van der Waals surface area contributed by atoms with Crippen molar-refractivity contribution >= 4 is 33.7 Å². The van der Waals surface area contributed by atoms with Gasteiger partial charge >= 0.3 is 5.97 Å². The zero-order chi connectivity index (χ0) is 13.0. The number of rotatable bonds is 5. The molecule has 0 radical (unpaired) electrons. The summed E-state index contributed by atoms with van der Waals surface area (Å²) in [6, 6.07) is 7.57. The zero-order valence-electron chi connectivity index (χ0n) is 9.89. The third kappa shape index (κ3) is 3.20. The molecule has 1 atom stereocenters. The quantitative estimate of drug-likeness (QED) is 0.896. The maximum absolute atomic E-state index is 11.3. The number of carbonyl (C=O) groups is 1. The summed E-state index contributed by atoms with van der Waals surface area (Å²) in [4.78, 5) is 11.3. The minimum atomic E-state index is -0.704. The molecule has 0 aliphatic carbocycles. The van der Waals surface area contributed by atoms with Gasteiger partial charge in [0.25, 0.3) is 0 Å². The minimum absolute atomic E-state index is 0.445. The highest BCUT2D eigenvalue weighted by Crippen LogP contribution is 2.41. The van der Waals surface area contributed by atoms with Gasteiger partial charge in [0.1, 0.15) is 10.5 Å². The van der Waals surface area contributed by atoms with Crippen molar-refractivity contribution in [2.24, 2.45) is 0 Å². The Labute approximate surface area is 119 Å². The molecule has 1 saturated heterocycles. The van der Waals surface area contributed by atoms with E-state index in [1.54, 1.807) is 11.8 Å². The van der Waals surface area contributed by atoms with Crippen LogP contribution < -0.4 is 4.74 Å². The summed E-state index contributed by atoms with van der Waals surface area (Å²) in [6.07, 6.45) is 2.29. The van der Waals surface area contributed by atoms with Gasteiger partial charge in [-0.1, -0.05) is 15.9 Å². The van der Waals surface area contributed by atoms with Crippen molar-refractivity contribution in [1.82, 2.24) is 0 Å². The van der Waals surface area contributed by atoms with Crippen LogP contribution in [0.3, 0.4) is 0 Å². The molecule has 1 aromatic rings. The van der Waals surface area contributed by atoms with Crippen molar-refractivity contribution in [2.75, 3.05) is 12.4 Å². The lowest BCUT2D eigenvalue weighted by Crippen LogP contribution is -2.34. The van der Waals surface area contributed by atoms with Gasteiger partial charge in [-0.05, 0) is 42.9 Å². The molecule has 1 heterocycles. The Kier molecular flexibility index (Phi) is 4.56. The van der Waals surface area contributed by atoms with Crippen LogP contribution in [0.15, 0.2) is 28.7 Å². The summed E-state index contributed by atoms with van der Waals surface area (Å²) >= 11 is 4.91. The highest BCUT2D eigenvalue weighted by atomic mass is 79.9. The maximum atomic E-state index is 11.3. The second-order valence-electron chi connectivity index (χ2n) is 4.30. The number of benzene rings is 1. The van der Waals surface area contributed by atoms with Gasteiger partial charge in [0.15, 0.2) is 0 Å². The van der Waals surface area contributed by atoms with Gasteiger partial charge in [0.2, 0.25) is 0 Å². The van der Waals surface area contributed by atoms with E-state index in [0.29, 0.717) is 13.0 Å². The topological polar surface area (TPSA) is 46.5 Å². The van der Waals surface area contributed by atoms with Crippen LogP contribution in [0.4, 0.5) is 0 Å². The molecule has 1 fully saturated rings. The molecule has 1 aliphatic heterocycles. The second kappa shape index (κ2) is 5.97. The number of hydrogen-bond acceptors (Lipinski definition) is 3. The SMILES string of the molecule is O=C(O)C1(CCOc2ccc(Br)cc2)CCCS1. The van der Waals surface area contributed by atoms with Crippen molar-refractivity contribution in [3.05, 3.63) is 28.7 Å². The van der Waals surface area contributed by atoms with Crippen molar-refractivity contribution < 1.29 is 14.6 Å². The Morgan fingerprint density at radius 1 is 1.44 bits per heavy atom. The lowest BCUT2D eigenvalue weighted by Gasteiger charge is -2.22. The van der Waals surface area contributed by atoms with Gasteiger partial charge in [-0.15, -0.1) is 11.8 Å². The molecule has 0 saturated carbocycles. The molecule has 0 aromatic heterocycles. The monoisotopic (exact) mass is 330 g/mol. The van der Waals surface area contributed by atoms with Crippen LogP contribution in [0.1, 0.15) is 19.3 Å². The first-order valence-corrected chi connectivity index (χ1v) is 7.66. The average molecular weight is 331 g/mol. The number of halogens is 1. The third-order valence-electron chi connectivity index (χ3n) is 3.08. The van der Waals surface area contributed by atoms with Crippen LogP contribution in [-0.4, -0.2) is 28.2 Å². The van der Waals surface area contributed by atoms with Gasteiger partial charge in [0.05, 0.1) is 6.61 Å². The van der Waals surface area contributed by atoms with Crippen LogP contribution in [0.2, 0.25) is 0 Å². The van der Waals surface area contributed by atoms with Crippen LogP contribution >= 0.6 is 27.7 Å². The second-order valence-corrected chi connectivity index (χ2v) is 6.70. The summed E-state index contributed by atoms with van der Waals surface area (Å²) in [5.41, 5.74) is 0. The van der Waals surface area contributed by atoms with E-state index in [2.05, 4.69) is 15.9 Å². The summed E-state index contributed by atoms with van der Waals surface area (Å²) < 4.78 is 5.97. The Bertz CT molecular complexity index is 413. The predicted molar refractivity (Wildman–Crippen MR) is 76.3 cm³/mol. The molecule has 0 bridgehead atoms. The fraction of sp³-hybridized carbons (Fsp3) is 0.462. The van der Waals surface area contributed by atoms with Crippen LogP contribution in [0.5, 0.6) is 5.75 Å². The molecule has 3 nitrogen and oxygen atoms in total. The van der Waals surface area contributed by atoms with Gasteiger partial charge < -0.3 is 9.84 Å². The molecule has 1 N–H and O–H groups in total. The fourth-order valence-corrected chi connectivity index (χ4v) is 3.62. The Morgan fingerprint density at radius 2 is 2.17 bits per heavy atom. The van der Waals surface area contributed by atoms with Gasteiger partial charge in [-0.3, -0.25) is 4.79 Å². The lowest BCUT2D eigenvalue weighted by molar-refractivity contribution is -0.140. The van der Waals surface area contributed by atoms with Crippen LogP contribution in [0, 0.1) is 0 Å². The highest BCUT2D eigenvalue weighted by Gasteiger charge is 2.41. The summed E-state index contributed by atoms with van der Waals surface area (Å²) in [5.74, 6) is 1.01. The van der Waals surface area contributed by atoms with Crippen LogP contribution in [0.25, 0.3) is 0 Å². The van der Waals surface area contributed by atoms with Gasteiger partial charge in [-0.2, -0.15) is 0 Å². The number of ether oxygens (including phenoxy) is 1. The highest BCUT2D eigenvalue weighted by molar-refractivity contribution is 9.10. The number of hydrogen-bond donors (Lipinski definition) is 1. The first-order chi connectivity index (χ1) is 8.62. The van der Waals surface area contributed by atoms with Crippen LogP contribution in [-0.2, 0) is 4.79 Å². The Balaban J connectivity index is 1.87. The van der Waals surface area contributed by atoms with E-state index in [1.807, 2.05) is 24.3 Å². The van der Waals surface area contributed by atoms with Crippen molar-refractivity contribution in [1.29, 1.82) is 0 Å². The molecule has 0 amide bonds. The molecular formula is C13H15BrO3S. The zero-order valence-corrected chi connectivity index (χ0v) is 12.3. The number of carboxylic acid groups (broad SMARTS) is 1. The lowest BCUT2D eigenvalue weighted by atomic mass is 10.00. The summed E-state index contributed by atoms with van der Waals surface area (Å²) in [5, 5.41) is 9.31. The Hall–Kier alpha value is -0.680. The first kappa shape index (κ1) is 13.7. The molecule has 0 spiro atoms. The average Bonchev–Trinajstić information content (AvgIpc) is 2.82. The van der Waals surface area contributed by atoms with E-state index >= 15 is 0 Å². The molecule has 18 heavy (non-hydrogen) atoms. The van der Waals surface area contributed by atoms with E-state index < -0.39 is 10.7 Å². The molecule has 98 valence electrons. The largest absolute Gasteiger partial charge is 0.494 e. The van der Waals surface area contributed by atoms with Crippen molar-refractivity contribution in [2.45, 2.75) is 24.0 Å². The molecular weight excluding hydrogens is 316 g/mol. The number of aliphatic carboxylic acids is 1. The van der Waals surface area contributed by atoms with E-state index in [1.165, 1.54) is 0 Å².